The topological polar surface area (TPSA) is 232 Å². The third kappa shape index (κ3) is 14.3. The van der Waals surface area contributed by atoms with E-state index in [9.17, 15) is 29.4 Å². The van der Waals surface area contributed by atoms with Crippen LogP contribution >= 0.6 is 0 Å². The second-order valence-electron chi connectivity index (χ2n) is 21.6. The minimum Gasteiger partial charge on any atom is -0.497 e. The smallest absolute Gasteiger partial charge is 0.497 e. The number of hydrogen-bond donors (Lipinski definition) is 4. The molecular formula is C52H86N4O16. The second-order valence-corrected chi connectivity index (χ2v) is 21.6. The van der Waals surface area contributed by atoms with Crippen molar-refractivity contribution in [2.75, 3.05) is 48.5 Å². The first-order valence-corrected chi connectivity index (χ1v) is 25.7. The Morgan fingerprint density at radius 3 is 2.24 bits per heavy atom. The summed E-state index contributed by atoms with van der Waals surface area (Å²) in [6, 6.07) is 6.68. The van der Waals surface area contributed by atoms with Gasteiger partial charge in [-0.25, -0.2) is 9.59 Å². The Balaban J connectivity index is 1.39. The van der Waals surface area contributed by atoms with Crippen LogP contribution in [0.4, 0.5) is 9.59 Å². The van der Waals surface area contributed by atoms with Crippen molar-refractivity contribution in [2.24, 2.45) is 17.8 Å². The zero-order chi connectivity index (χ0) is 53.5. The number of fused-ring (bicyclic) bond motifs is 1. The van der Waals surface area contributed by atoms with Crippen LogP contribution in [0.1, 0.15) is 113 Å². The molecule has 18 atom stereocenters. The van der Waals surface area contributed by atoms with Crippen molar-refractivity contribution < 1.29 is 76.8 Å². The SMILES string of the molecule is CC[C@H]1OC(=O)[C@H](C)[C@@H](O[C@H]2C[C@@](C)(OC)[C@@H](OC(=O)NCCCC(=O)NCc3ccc(OC)cc3)[C@H](C)O2)[C@H](C)[C@@H](O[C@@H]2O[C@H](C)C[C@H](N(C)C)[C@H]2O)[C@@](C)(O)C[C@@H](C)CN(C)[C@H](C)[C@H]2OC(=O)O[C@@]21C. The van der Waals surface area contributed by atoms with Crippen molar-refractivity contribution >= 4 is 24.1 Å². The van der Waals surface area contributed by atoms with E-state index in [1.165, 1.54) is 7.11 Å². The van der Waals surface area contributed by atoms with Crippen LogP contribution in [-0.2, 0) is 58.8 Å². The number of nitrogens with one attached hydrogen (secondary N) is 2. The van der Waals surface area contributed by atoms with E-state index in [1.807, 2.05) is 89.8 Å². The van der Waals surface area contributed by atoms with Crippen molar-refractivity contribution in [3.05, 3.63) is 29.8 Å². The molecule has 0 spiro atoms. The number of carbonyl (C=O) groups is 4. The second kappa shape index (κ2) is 25.1. The fourth-order valence-electron chi connectivity index (χ4n) is 11.2. The van der Waals surface area contributed by atoms with Gasteiger partial charge in [0.2, 0.25) is 5.91 Å². The number of rotatable bonds is 15. The number of likely N-dealkylation sites (N-methyl/N-ethyl adjacent to an activating group) is 2. The molecule has 4 aliphatic heterocycles. The van der Waals surface area contributed by atoms with Crippen molar-refractivity contribution in [3.8, 4) is 5.75 Å². The van der Waals surface area contributed by atoms with Crippen LogP contribution in [0.15, 0.2) is 24.3 Å². The molecule has 4 heterocycles. The van der Waals surface area contributed by atoms with E-state index >= 15 is 0 Å². The highest BCUT2D eigenvalue weighted by Gasteiger charge is 2.58. The van der Waals surface area contributed by atoms with Crippen LogP contribution in [0.3, 0.4) is 0 Å². The molecule has 0 radical (unpaired) electrons. The molecule has 2 amide bonds. The van der Waals surface area contributed by atoms with E-state index in [0.29, 0.717) is 25.9 Å². The van der Waals surface area contributed by atoms with E-state index in [4.69, 9.17) is 47.4 Å². The van der Waals surface area contributed by atoms with E-state index in [2.05, 4.69) is 10.6 Å². The molecule has 0 aromatic heterocycles. The Hall–Kier alpha value is -3.86. The molecule has 0 saturated carbocycles. The van der Waals surface area contributed by atoms with Gasteiger partial charge in [-0.2, -0.15) is 0 Å². The number of carbonyl (C=O) groups excluding carboxylic acids is 4. The maximum absolute atomic E-state index is 14.8. The fraction of sp³-hybridized carbons (Fsp3) is 0.808. The minimum atomic E-state index is -1.62. The molecule has 20 heteroatoms. The van der Waals surface area contributed by atoms with Gasteiger partial charge >= 0.3 is 18.2 Å². The largest absolute Gasteiger partial charge is 0.509 e. The fourth-order valence-corrected chi connectivity index (χ4v) is 11.2. The molecule has 4 saturated heterocycles. The number of hydrogen-bond acceptors (Lipinski definition) is 18. The highest BCUT2D eigenvalue weighted by Crippen LogP contribution is 2.42. The first kappa shape index (κ1) is 59.0. The number of methoxy groups -OCH3 is 2. The van der Waals surface area contributed by atoms with Gasteiger partial charge in [-0.3, -0.25) is 14.5 Å². The molecule has 0 unspecified atom stereocenters. The summed E-state index contributed by atoms with van der Waals surface area (Å²) in [5, 5.41) is 30.2. The van der Waals surface area contributed by atoms with Crippen LogP contribution in [0.25, 0.3) is 0 Å². The van der Waals surface area contributed by atoms with Crippen LogP contribution in [0, 0.1) is 17.8 Å². The lowest BCUT2D eigenvalue weighted by atomic mass is 9.77. The van der Waals surface area contributed by atoms with Crippen molar-refractivity contribution in [1.82, 2.24) is 20.4 Å². The summed E-state index contributed by atoms with van der Waals surface area (Å²) in [6.07, 6.45) is -9.27. The van der Waals surface area contributed by atoms with E-state index in [0.717, 1.165) is 11.3 Å². The third-order valence-electron chi connectivity index (χ3n) is 15.4. The molecule has 4 aliphatic rings. The number of benzene rings is 1. The summed E-state index contributed by atoms with van der Waals surface area (Å²) >= 11 is 0. The lowest BCUT2D eigenvalue weighted by Crippen LogP contribution is -2.61. The Morgan fingerprint density at radius 1 is 0.931 bits per heavy atom. The number of esters is 1. The summed E-state index contributed by atoms with van der Waals surface area (Å²) in [6.45, 7) is 19.0. The molecule has 410 valence electrons. The molecule has 20 nitrogen and oxygen atoms in total. The number of nitrogens with zero attached hydrogens (tertiary/aromatic N) is 2. The Kier molecular flexibility index (Phi) is 20.6. The average molecular weight is 1020 g/mol. The molecule has 0 aliphatic carbocycles. The van der Waals surface area contributed by atoms with E-state index in [-0.39, 0.29) is 56.2 Å². The van der Waals surface area contributed by atoms with Gasteiger partial charge < -0.3 is 73.1 Å². The summed E-state index contributed by atoms with van der Waals surface area (Å²) in [7, 11) is 8.75. The number of cyclic esters (lactones) is 1. The molecular weight excluding hydrogens is 937 g/mol. The summed E-state index contributed by atoms with van der Waals surface area (Å²) in [5.74, 6) is -2.18. The third-order valence-corrected chi connectivity index (χ3v) is 15.4. The van der Waals surface area contributed by atoms with Gasteiger partial charge in [0.1, 0.15) is 23.6 Å². The predicted molar refractivity (Wildman–Crippen MR) is 264 cm³/mol. The zero-order valence-corrected chi connectivity index (χ0v) is 45.3. The average Bonchev–Trinajstić information content (AvgIpc) is 3.64. The quantitative estimate of drug-likeness (QED) is 0.104. The molecule has 4 N–H and O–H groups in total. The molecule has 1 aromatic carbocycles. The lowest BCUT2D eigenvalue weighted by molar-refractivity contribution is -0.317. The Morgan fingerprint density at radius 2 is 1.61 bits per heavy atom. The standard InChI is InChI=1S/C52H86N4O16/c1-16-38-52(10)44(71-49(61)72-52)33(6)56(13)28-29(2)25-50(8,62)43(69-47-41(58)37(55(11)12)24-30(3)65-47)31(4)42(32(5)46(59)67-38)68-40-26-51(9,64-15)45(34(7)66-40)70-48(60)53-23-17-18-39(57)54-27-35-19-21-36(63-14)22-20-35/h19-22,29-34,37-38,40-45,47,58,62H,16-18,23-28H2,1-15H3,(H,53,60)(H,54,57)/t29-,30-,31+,32-,33-,34+,37+,38-,40+,41-,42+,43-,44-,45+,47+,50+,51-,52-/m1/s1. The maximum Gasteiger partial charge on any atom is 0.509 e. The lowest BCUT2D eigenvalue weighted by Gasteiger charge is -2.49. The number of aliphatic hydroxyl groups excluding tert-OH is 1. The van der Waals surface area contributed by atoms with Gasteiger partial charge in [-0.1, -0.05) is 32.9 Å². The molecule has 1 aromatic rings. The van der Waals surface area contributed by atoms with Gasteiger partial charge in [0.05, 0.1) is 43.0 Å². The van der Waals surface area contributed by atoms with Crippen LogP contribution in [0.5, 0.6) is 5.75 Å². The van der Waals surface area contributed by atoms with Crippen LogP contribution in [-0.4, -0.2) is 183 Å². The normalized spacial score (nSPS) is 39.3. The van der Waals surface area contributed by atoms with Crippen LogP contribution < -0.4 is 15.4 Å². The summed E-state index contributed by atoms with van der Waals surface area (Å²) in [4.78, 5) is 57.4. The highest BCUT2D eigenvalue weighted by molar-refractivity contribution is 5.76. The van der Waals surface area contributed by atoms with E-state index < -0.39 is 108 Å². The van der Waals surface area contributed by atoms with Crippen molar-refractivity contribution in [1.29, 1.82) is 0 Å². The van der Waals surface area contributed by atoms with Gasteiger partial charge in [-0.15, -0.1) is 0 Å². The highest BCUT2D eigenvalue weighted by atomic mass is 16.8. The Bertz CT molecular complexity index is 1940. The van der Waals surface area contributed by atoms with Gasteiger partial charge in [-0.05, 0) is 119 Å². The van der Waals surface area contributed by atoms with Crippen molar-refractivity contribution in [3.63, 3.8) is 0 Å². The maximum atomic E-state index is 14.8. The van der Waals surface area contributed by atoms with Gasteiger partial charge in [0.15, 0.2) is 30.4 Å². The van der Waals surface area contributed by atoms with Crippen molar-refractivity contribution in [2.45, 2.75) is 205 Å². The molecule has 4 fully saturated rings. The molecule has 5 rings (SSSR count). The van der Waals surface area contributed by atoms with Crippen LogP contribution in [0.2, 0.25) is 0 Å². The van der Waals surface area contributed by atoms with Gasteiger partial charge in [0, 0.05) is 57.6 Å². The monoisotopic (exact) mass is 1020 g/mol. The predicted octanol–water partition coefficient (Wildman–Crippen LogP) is 4.92. The number of alkyl carbamates (subject to hydrolysis) is 1. The minimum absolute atomic E-state index is 0.0332. The molecule has 72 heavy (non-hydrogen) atoms. The molecule has 0 bridgehead atoms. The first-order chi connectivity index (χ1) is 33.8. The van der Waals surface area contributed by atoms with Gasteiger partial charge in [0.25, 0.3) is 0 Å². The first-order valence-electron chi connectivity index (χ1n) is 25.7. The van der Waals surface area contributed by atoms with E-state index in [1.54, 1.807) is 41.7 Å². The summed E-state index contributed by atoms with van der Waals surface area (Å²) in [5.41, 5.74) is -3.23. The summed E-state index contributed by atoms with van der Waals surface area (Å²) < 4.78 is 61.8. The number of amides is 2. The Labute approximate surface area is 426 Å². The zero-order valence-electron chi connectivity index (χ0n) is 45.3. The number of ether oxygens (including phenoxy) is 10. The number of aliphatic hydroxyl groups is 2.